The number of aliphatic hydroxyl groups is 1. The zero-order chi connectivity index (χ0) is 14.7. The van der Waals surface area contributed by atoms with Crippen LogP contribution in [0.5, 0.6) is 5.75 Å². The van der Waals surface area contributed by atoms with Crippen LogP contribution in [0.15, 0.2) is 59.3 Å². The predicted octanol–water partition coefficient (Wildman–Crippen LogP) is 3.50. The molecule has 1 N–H and O–H groups in total. The standard InChI is InChI=1S/C16H13BrN2O2/c17-13-4-2-1-3-12(13)16(20)10-21-11-5-6-14-15(9-11)19-8-7-18-14/h1-9,16,20H,10H2. The molecule has 0 radical (unpaired) electrons. The molecule has 0 bridgehead atoms. The molecular formula is C16H13BrN2O2. The third kappa shape index (κ3) is 3.20. The maximum Gasteiger partial charge on any atom is 0.121 e. The molecule has 5 heteroatoms. The zero-order valence-corrected chi connectivity index (χ0v) is 12.7. The maximum atomic E-state index is 10.2. The Morgan fingerprint density at radius 2 is 1.81 bits per heavy atom. The van der Waals surface area contributed by atoms with Crippen LogP contribution in [0.2, 0.25) is 0 Å². The van der Waals surface area contributed by atoms with Crippen LogP contribution in [-0.4, -0.2) is 21.7 Å². The molecular weight excluding hydrogens is 332 g/mol. The van der Waals surface area contributed by atoms with Gasteiger partial charge < -0.3 is 9.84 Å². The summed E-state index contributed by atoms with van der Waals surface area (Å²) >= 11 is 3.42. The lowest BCUT2D eigenvalue weighted by Gasteiger charge is -2.14. The zero-order valence-electron chi connectivity index (χ0n) is 11.1. The van der Waals surface area contributed by atoms with E-state index in [1.165, 1.54) is 0 Å². The number of benzene rings is 2. The predicted molar refractivity (Wildman–Crippen MR) is 84.1 cm³/mol. The van der Waals surface area contributed by atoms with Gasteiger partial charge in [0, 0.05) is 22.9 Å². The molecule has 4 nitrogen and oxygen atoms in total. The quantitative estimate of drug-likeness (QED) is 0.786. The molecule has 0 saturated carbocycles. The van der Waals surface area contributed by atoms with Crippen molar-refractivity contribution in [3.8, 4) is 5.75 Å². The smallest absolute Gasteiger partial charge is 0.121 e. The van der Waals surface area contributed by atoms with Crippen LogP contribution in [0, 0.1) is 0 Å². The van der Waals surface area contributed by atoms with E-state index in [2.05, 4.69) is 25.9 Å². The highest BCUT2D eigenvalue weighted by atomic mass is 79.9. The molecule has 0 aliphatic rings. The highest BCUT2D eigenvalue weighted by Crippen LogP contribution is 2.24. The minimum atomic E-state index is -0.696. The van der Waals surface area contributed by atoms with Gasteiger partial charge in [-0.25, -0.2) is 0 Å². The fourth-order valence-corrected chi connectivity index (χ4v) is 2.59. The molecule has 1 unspecified atom stereocenters. The number of ether oxygens (including phenoxy) is 1. The van der Waals surface area contributed by atoms with Gasteiger partial charge in [0.25, 0.3) is 0 Å². The SMILES string of the molecule is OC(COc1ccc2nccnc2c1)c1ccccc1Br. The lowest BCUT2D eigenvalue weighted by atomic mass is 10.1. The molecule has 106 valence electrons. The number of halogens is 1. The van der Waals surface area contributed by atoms with E-state index in [1.807, 2.05) is 42.5 Å². The Hall–Kier alpha value is -1.98. The number of nitrogens with zero attached hydrogens (tertiary/aromatic N) is 2. The summed E-state index contributed by atoms with van der Waals surface area (Å²) < 4.78 is 6.51. The lowest BCUT2D eigenvalue weighted by molar-refractivity contribution is 0.107. The summed E-state index contributed by atoms with van der Waals surface area (Å²) in [6.45, 7) is 0.175. The highest BCUT2D eigenvalue weighted by molar-refractivity contribution is 9.10. The Kier molecular flexibility index (Phi) is 4.13. The molecule has 0 spiro atoms. The second kappa shape index (κ2) is 6.20. The lowest BCUT2D eigenvalue weighted by Crippen LogP contribution is -2.10. The van der Waals surface area contributed by atoms with Gasteiger partial charge in [-0.3, -0.25) is 9.97 Å². The Labute approximate surface area is 130 Å². The Balaban J connectivity index is 1.73. The van der Waals surface area contributed by atoms with Crippen molar-refractivity contribution in [1.82, 2.24) is 9.97 Å². The van der Waals surface area contributed by atoms with Crippen molar-refractivity contribution in [1.29, 1.82) is 0 Å². The molecule has 1 heterocycles. The van der Waals surface area contributed by atoms with Crippen molar-refractivity contribution in [2.75, 3.05) is 6.61 Å². The average Bonchev–Trinajstić information content (AvgIpc) is 2.53. The van der Waals surface area contributed by atoms with Crippen molar-refractivity contribution in [3.05, 3.63) is 64.9 Å². The van der Waals surface area contributed by atoms with Gasteiger partial charge in [0.05, 0.1) is 11.0 Å². The fourth-order valence-electron chi connectivity index (χ4n) is 2.04. The molecule has 0 fully saturated rings. The third-order valence-electron chi connectivity index (χ3n) is 3.11. The molecule has 2 aromatic carbocycles. The Morgan fingerprint density at radius 1 is 1.05 bits per heavy atom. The van der Waals surface area contributed by atoms with Crippen molar-refractivity contribution >= 4 is 27.0 Å². The summed E-state index contributed by atoms with van der Waals surface area (Å²) in [5.41, 5.74) is 2.39. The van der Waals surface area contributed by atoms with Crippen LogP contribution < -0.4 is 4.74 Å². The van der Waals surface area contributed by atoms with Crippen molar-refractivity contribution in [2.45, 2.75) is 6.10 Å². The van der Waals surface area contributed by atoms with E-state index in [9.17, 15) is 5.11 Å². The van der Waals surface area contributed by atoms with Crippen LogP contribution >= 0.6 is 15.9 Å². The number of aliphatic hydroxyl groups excluding tert-OH is 1. The van der Waals surface area contributed by atoms with E-state index in [-0.39, 0.29) is 6.61 Å². The maximum absolute atomic E-state index is 10.2. The normalized spacial score (nSPS) is 12.3. The fraction of sp³-hybridized carbons (Fsp3) is 0.125. The molecule has 0 aliphatic carbocycles. The molecule has 0 saturated heterocycles. The molecule has 21 heavy (non-hydrogen) atoms. The van der Waals surface area contributed by atoms with E-state index in [4.69, 9.17) is 4.74 Å². The van der Waals surface area contributed by atoms with Crippen LogP contribution in [0.1, 0.15) is 11.7 Å². The Morgan fingerprint density at radius 3 is 2.62 bits per heavy atom. The first-order valence-electron chi connectivity index (χ1n) is 6.50. The number of aromatic nitrogens is 2. The van der Waals surface area contributed by atoms with E-state index in [0.717, 1.165) is 21.1 Å². The van der Waals surface area contributed by atoms with Gasteiger partial charge in [0.1, 0.15) is 18.5 Å². The number of rotatable bonds is 4. The van der Waals surface area contributed by atoms with Gasteiger partial charge in [0.15, 0.2) is 0 Å². The van der Waals surface area contributed by atoms with Crippen LogP contribution in [-0.2, 0) is 0 Å². The molecule has 0 aliphatic heterocycles. The van der Waals surface area contributed by atoms with Crippen LogP contribution in [0.4, 0.5) is 0 Å². The first-order chi connectivity index (χ1) is 10.2. The summed E-state index contributed by atoms with van der Waals surface area (Å²) in [7, 11) is 0. The van der Waals surface area contributed by atoms with E-state index >= 15 is 0 Å². The molecule has 1 atom stereocenters. The number of hydrogen-bond acceptors (Lipinski definition) is 4. The second-order valence-electron chi connectivity index (χ2n) is 4.56. The molecule has 1 aromatic heterocycles. The van der Waals surface area contributed by atoms with Crippen LogP contribution in [0.25, 0.3) is 11.0 Å². The van der Waals surface area contributed by atoms with Gasteiger partial charge in [-0.1, -0.05) is 34.1 Å². The monoisotopic (exact) mass is 344 g/mol. The van der Waals surface area contributed by atoms with Gasteiger partial charge in [-0.15, -0.1) is 0 Å². The molecule has 0 amide bonds. The first-order valence-corrected chi connectivity index (χ1v) is 7.29. The van der Waals surface area contributed by atoms with Gasteiger partial charge in [0.2, 0.25) is 0 Å². The summed E-state index contributed by atoms with van der Waals surface area (Å²) in [6, 6.07) is 13.0. The Bertz CT molecular complexity index is 764. The van der Waals surface area contributed by atoms with E-state index in [0.29, 0.717) is 5.75 Å². The molecule has 3 aromatic rings. The average molecular weight is 345 g/mol. The van der Waals surface area contributed by atoms with Crippen molar-refractivity contribution < 1.29 is 9.84 Å². The number of fused-ring (bicyclic) bond motifs is 1. The van der Waals surface area contributed by atoms with E-state index < -0.39 is 6.10 Å². The van der Waals surface area contributed by atoms with Gasteiger partial charge in [-0.05, 0) is 23.8 Å². The van der Waals surface area contributed by atoms with E-state index in [1.54, 1.807) is 12.4 Å². The summed E-state index contributed by atoms with van der Waals surface area (Å²) in [5, 5.41) is 10.2. The molecule has 3 rings (SSSR count). The van der Waals surface area contributed by atoms with Crippen LogP contribution in [0.3, 0.4) is 0 Å². The van der Waals surface area contributed by atoms with Gasteiger partial charge in [-0.2, -0.15) is 0 Å². The summed E-state index contributed by atoms with van der Waals surface area (Å²) in [5.74, 6) is 0.661. The highest BCUT2D eigenvalue weighted by Gasteiger charge is 2.11. The topological polar surface area (TPSA) is 55.2 Å². The number of hydrogen-bond donors (Lipinski definition) is 1. The summed E-state index contributed by atoms with van der Waals surface area (Å²) in [6.07, 6.45) is 2.60. The minimum Gasteiger partial charge on any atom is -0.490 e. The summed E-state index contributed by atoms with van der Waals surface area (Å²) in [4.78, 5) is 8.43. The third-order valence-corrected chi connectivity index (χ3v) is 3.84. The van der Waals surface area contributed by atoms with Crippen molar-refractivity contribution in [2.24, 2.45) is 0 Å². The minimum absolute atomic E-state index is 0.175. The largest absolute Gasteiger partial charge is 0.490 e. The second-order valence-corrected chi connectivity index (χ2v) is 5.41. The van der Waals surface area contributed by atoms with Crippen molar-refractivity contribution in [3.63, 3.8) is 0 Å². The van der Waals surface area contributed by atoms with Gasteiger partial charge >= 0.3 is 0 Å². The first kappa shape index (κ1) is 14.0.